The highest BCUT2D eigenvalue weighted by atomic mass is 32.2. The number of piperidine rings is 1. The van der Waals surface area contributed by atoms with E-state index in [2.05, 4.69) is 34.9 Å². The Balaban J connectivity index is 1.53. The molecule has 1 aliphatic rings. The molecule has 26 heavy (non-hydrogen) atoms. The molecule has 142 valence electrons. The normalized spacial score (nSPS) is 16.8. The van der Waals surface area contributed by atoms with Crippen molar-refractivity contribution in [3.63, 3.8) is 0 Å². The van der Waals surface area contributed by atoms with Gasteiger partial charge in [-0.05, 0) is 61.2 Å². The second kappa shape index (κ2) is 8.40. The minimum absolute atomic E-state index is 0.376. The van der Waals surface area contributed by atoms with Crippen molar-refractivity contribution in [1.29, 1.82) is 0 Å². The topological polar surface area (TPSA) is 42.3 Å². The Kier molecular flexibility index (Phi) is 6.20. The van der Waals surface area contributed by atoms with E-state index >= 15 is 0 Å². The second-order valence-electron chi connectivity index (χ2n) is 7.62. The summed E-state index contributed by atoms with van der Waals surface area (Å²) in [6.45, 7) is 6.50. The van der Waals surface area contributed by atoms with Crippen LogP contribution in [0, 0.1) is 5.92 Å². The van der Waals surface area contributed by atoms with Gasteiger partial charge in [-0.15, -0.1) is 0 Å². The molecule has 0 radical (unpaired) electrons. The van der Waals surface area contributed by atoms with Crippen molar-refractivity contribution in [1.82, 2.24) is 9.47 Å². The Labute approximate surface area is 157 Å². The number of nitrogens with zero attached hydrogens (tertiary/aromatic N) is 2. The van der Waals surface area contributed by atoms with Crippen LogP contribution in [0.25, 0.3) is 0 Å². The van der Waals surface area contributed by atoms with Gasteiger partial charge < -0.3 is 4.57 Å². The molecule has 5 heteroatoms. The fourth-order valence-corrected chi connectivity index (χ4v) is 4.47. The van der Waals surface area contributed by atoms with Gasteiger partial charge in [-0.25, -0.2) is 8.42 Å². The minimum atomic E-state index is -3.12. The van der Waals surface area contributed by atoms with Crippen molar-refractivity contribution in [2.24, 2.45) is 5.92 Å². The molecule has 1 fully saturated rings. The number of aromatic nitrogens is 1. The largest absolute Gasteiger partial charge is 0.350 e. The predicted octanol–water partition coefficient (Wildman–Crippen LogP) is 3.95. The average molecular weight is 375 g/mol. The molecule has 2 heterocycles. The van der Waals surface area contributed by atoms with E-state index < -0.39 is 9.84 Å². The third-order valence-electron chi connectivity index (χ3n) is 5.34. The lowest BCUT2D eigenvalue weighted by molar-refractivity contribution is 0.172. The van der Waals surface area contributed by atoms with Crippen LogP contribution in [0.3, 0.4) is 0 Å². The Hall–Kier alpha value is -1.59. The summed E-state index contributed by atoms with van der Waals surface area (Å²) in [6, 6.07) is 9.37. The molecule has 0 spiro atoms. The molecular weight excluding hydrogens is 344 g/mol. The van der Waals surface area contributed by atoms with E-state index in [0.29, 0.717) is 4.90 Å². The molecule has 0 atom stereocenters. The molecule has 4 nitrogen and oxygen atoms in total. The highest BCUT2D eigenvalue weighted by molar-refractivity contribution is 7.90. The van der Waals surface area contributed by atoms with Gasteiger partial charge in [0, 0.05) is 31.7 Å². The molecule has 3 rings (SSSR count). The molecule has 0 bridgehead atoms. The molecule has 1 aromatic carbocycles. The van der Waals surface area contributed by atoms with Gasteiger partial charge in [0.15, 0.2) is 9.84 Å². The smallest absolute Gasteiger partial charge is 0.175 e. The van der Waals surface area contributed by atoms with Crippen LogP contribution in [0.15, 0.2) is 47.6 Å². The van der Waals surface area contributed by atoms with Crippen LogP contribution >= 0.6 is 0 Å². The molecule has 0 N–H and O–H groups in total. The zero-order valence-electron chi connectivity index (χ0n) is 15.9. The Bertz CT molecular complexity index is 801. The van der Waals surface area contributed by atoms with Crippen molar-refractivity contribution < 1.29 is 8.42 Å². The van der Waals surface area contributed by atoms with Gasteiger partial charge in [0.05, 0.1) is 4.90 Å². The van der Waals surface area contributed by atoms with Gasteiger partial charge in [-0.1, -0.05) is 31.9 Å². The monoisotopic (exact) mass is 374 g/mol. The van der Waals surface area contributed by atoms with Gasteiger partial charge >= 0.3 is 0 Å². The fourth-order valence-electron chi connectivity index (χ4n) is 3.83. The minimum Gasteiger partial charge on any atom is -0.350 e. The first-order valence-corrected chi connectivity index (χ1v) is 11.5. The van der Waals surface area contributed by atoms with E-state index in [-0.39, 0.29) is 0 Å². The first-order valence-electron chi connectivity index (χ1n) is 9.60. The summed E-state index contributed by atoms with van der Waals surface area (Å²) in [4.78, 5) is 2.94. The van der Waals surface area contributed by atoms with Crippen LogP contribution in [0.2, 0.25) is 0 Å². The van der Waals surface area contributed by atoms with Crippen molar-refractivity contribution >= 4 is 9.84 Å². The van der Waals surface area contributed by atoms with Crippen LogP contribution < -0.4 is 0 Å². The van der Waals surface area contributed by atoms with Crippen LogP contribution in [0.1, 0.15) is 43.7 Å². The summed E-state index contributed by atoms with van der Waals surface area (Å²) in [5.41, 5.74) is 2.46. The standard InChI is InChI=1S/C21H30N2O2S/c1-3-4-18-9-12-22(13-10-18)16-20-11-14-23(17-20)15-19-5-7-21(8-6-19)26(2,24)25/h5-8,11,14,17-18H,3-4,9-10,12-13,15-16H2,1-2H3. The van der Waals surface area contributed by atoms with Gasteiger partial charge in [0.2, 0.25) is 0 Å². The summed E-state index contributed by atoms with van der Waals surface area (Å²) in [5.74, 6) is 0.927. The molecule has 0 amide bonds. The zero-order valence-corrected chi connectivity index (χ0v) is 16.7. The lowest BCUT2D eigenvalue weighted by atomic mass is 9.92. The maximum Gasteiger partial charge on any atom is 0.175 e. The van der Waals surface area contributed by atoms with Crippen LogP contribution in [0.4, 0.5) is 0 Å². The highest BCUT2D eigenvalue weighted by Crippen LogP contribution is 2.23. The van der Waals surface area contributed by atoms with Crippen molar-refractivity contribution in [2.45, 2.75) is 50.6 Å². The number of benzene rings is 1. The number of sulfone groups is 1. The summed E-state index contributed by atoms with van der Waals surface area (Å²) in [7, 11) is -3.12. The van der Waals surface area contributed by atoms with Gasteiger partial charge in [-0.3, -0.25) is 4.90 Å². The van der Waals surface area contributed by atoms with Crippen LogP contribution in [-0.4, -0.2) is 37.2 Å². The van der Waals surface area contributed by atoms with Gasteiger partial charge in [0.1, 0.15) is 0 Å². The van der Waals surface area contributed by atoms with E-state index in [1.807, 2.05) is 12.1 Å². The Morgan fingerprint density at radius 1 is 1.00 bits per heavy atom. The van der Waals surface area contributed by atoms with Crippen molar-refractivity contribution in [3.05, 3.63) is 53.9 Å². The van der Waals surface area contributed by atoms with E-state index in [9.17, 15) is 8.42 Å². The number of hydrogen-bond acceptors (Lipinski definition) is 3. The lowest BCUT2D eigenvalue weighted by Gasteiger charge is -2.31. The molecule has 1 aliphatic heterocycles. The van der Waals surface area contributed by atoms with E-state index in [0.717, 1.165) is 24.6 Å². The summed E-state index contributed by atoms with van der Waals surface area (Å²) in [5, 5.41) is 0. The summed E-state index contributed by atoms with van der Waals surface area (Å²) in [6.07, 6.45) is 10.9. The fraction of sp³-hybridized carbons (Fsp3) is 0.524. The van der Waals surface area contributed by atoms with E-state index in [1.165, 1.54) is 50.6 Å². The Morgan fingerprint density at radius 2 is 1.69 bits per heavy atom. The molecule has 1 saturated heterocycles. The molecule has 0 aliphatic carbocycles. The van der Waals surface area contributed by atoms with Gasteiger partial charge in [0.25, 0.3) is 0 Å². The van der Waals surface area contributed by atoms with Crippen LogP contribution in [0.5, 0.6) is 0 Å². The van der Waals surface area contributed by atoms with E-state index in [4.69, 9.17) is 0 Å². The lowest BCUT2D eigenvalue weighted by Crippen LogP contribution is -2.33. The van der Waals surface area contributed by atoms with Gasteiger partial charge in [-0.2, -0.15) is 0 Å². The average Bonchev–Trinajstić information content (AvgIpc) is 3.03. The summed E-state index contributed by atoms with van der Waals surface area (Å²) < 4.78 is 25.3. The van der Waals surface area contributed by atoms with E-state index in [1.54, 1.807) is 12.1 Å². The third kappa shape index (κ3) is 5.21. The zero-order chi connectivity index (χ0) is 18.6. The quantitative estimate of drug-likeness (QED) is 0.737. The molecule has 0 saturated carbocycles. The second-order valence-corrected chi connectivity index (χ2v) is 9.63. The molecule has 0 unspecified atom stereocenters. The summed E-state index contributed by atoms with van der Waals surface area (Å²) >= 11 is 0. The molecule has 1 aromatic heterocycles. The highest BCUT2D eigenvalue weighted by Gasteiger charge is 2.18. The van der Waals surface area contributed by atoms with Crippen molar-refractivity contribution in [3.8, 4) is 0 Å². The van der Waals surface area contributed by atoms with Crippen LogP contribution in [-0.2, 0) is 22.9 Å². The Morgan fingerprint density at radius 3 is 2.31 bits per heavy atom. The number of likely N-dealkylation sites (tertiary alicyclic amines) is 1. The van der Waals surface area contributed by atoms with Crippen molar-refractivity contribution in [2.75, 3.05) is 19.3 Å². The maximum absolute atomic E-state index is 11.5. The molecular formula is C21H30N2O2S. The third-order valence-corrected chi connectivity index (χ3v) is 6.47. The first-order chi connectivity index (χ1) is 12.4. The maximum atomic E-state index is 11.5. The number of rotatable bonds is 7. The number of hydrogen-bond donors (Lipinski definition) is 0. The first kappa shape index (κ1) is 19.2. The SMILES string of the molecule is CCCC1CCN(Cc2ccn(Cc3ccc(S(C)(=O)=O)cc3)c2)CC1. The molecule has 2 aromatic rings. The predicted molar refractivity (Wildman–Crippen MR) is 106 cm³/mol.